The number of nitrogens with zero attached hydrogens (tertiary/aromatic N) is 1. The molecule has 1 heterocycles. The van der Waals surface area contributed by atoms with Crippen molar-refractivity contribution in [3.8, 4) is 0 Å². The molecule has 1 atom stereocenters. The maximum absolute atomic E-state index is 12.9. The first-order valence-electron chi connectivity index (χ1n) is 9.10. The smallest absolute Gasteiger partial charge is 0.251 e. The molecule has 0 radical (unpaired) electrons. The Morgan fingerprint density at radius 1 is 0.963 bits per heavy atom. The van der Waals surface area contributed by atoms with Crippen molar-refractivity contribution in [3.05, 3.63) is 71.3 Å². The summed E-state index contributed by atoms with van der Waals surface area (Å²) in [6, 6.07) is 16.4. The van der Waals surface area contributed by atoms with Gasteiger partial charge in [0.25, 0.3) is 5.91 Å². The number of benzene rings is 2. The van der Waals surface area contributed by atoms with Crippen LogP contribution in [0.5, 0.6) is 0 Å². The highest BCUT2D eigenvalue weighted by Gasteiger charge is 2.28. The molecule has 1 saturated heterocycles. The van der Waals surface area contributed by atoms with Gasteiger partial charge in [-0.05, 0) is 36.1 Å². The first-order valence-corrected chi connectivity index (χ1v) is 9.10. The third-order valence-corrected chi connectivity index (χ3v) is 4.76. The third kappa shape index (κ3) is 5.55. The molecule has 0 spiro atoms. The topological polar surface area (TPSA) is 75.4 Å². The fourth-order valence-electron chi connectivity index (χ4n) is 3.24. The normalized spacial score (nSPS) is 14.3. The van der Waals surface area contributed by atoms with E-state index in [9.17, 15) is 9.59 Å². The Labute approximate surface area is 166 Å². The molecule has 0 aliphatic carbocycles. The zero-order chi connectivity index (χ0) is 18.4. The Bertz CT molecular complexity index is 744. The zero-order valence-corrected chi connectivity index (χ0v) is 16.1. The molecule has 1 unspecified atom stereocenters. The largest absolute Gasteiger partial charge is 0.341 e. The molecule has 1 aliphatic heterocycles. The first-order chi connectivity index (χ1) is 12.7. The van der Waals surface area contributed by atoms with Crippen molar-refractivity contribution in [1.82, 2.24) is 10.2 Å². The van der Waals surface area contributed by atoms with E-state index >= 15 is 0 Å². The average Bonchev–Trinajstić information content (AvgIpc) is 3.22. The van der Waals surface area contributed by atoms with Crippen LogP contribution in [0.4, 0.5) is 0 Å². The number of rotatable bonds is 6. The van der Waals surface area contributed by atoms with Crippen LogP contribution in [0.3, 0.4) is 0 Å². The zero-order valence-electron chi connectivity index (χ0n) is 15.3. The summed E-state index contributed by atoms with van der Waals surface area (Å²) in [6.07, 6.45) is 2.54. The molecule has 144 valence electrons. The molecule has 0 saturated carbocycles. The highest BCUT2D eigenvalue weighted by Crippen LogP contribution is 2.13. The summed E-state index contributed by atoms with van der Waals surface area (Å²) in [7, 11) is 0. The maximum Gasteiger partial charge on any atom is 0.251 e. The van der Waals surface area contributed by atoms with Crippen molar-refractivity contribution in [3.63, 3.8) is 0 Å². The van der Waals surface area contributed by atoms with Crippen molar-refractivity contribution in [1.29, 1.82) is 0 Å². The Morgan fingerprint density at radius 2 is 1.59 bits per heavy atom. The number of nitrogens with one attached hydrogen (secondary N) is 1. The molecule has 5 nitrogen and oxygen atoms in total. The van der Waals surface area contributed by atoms with Crippen LogP contribution in [0.15, 0.2) is 54.6 Å². The summed E-state index contributed by atoms with van der Waals surface area (Å²) in [5, 5.41) is 2.93. The van der Waals surface area contributed by atoms with E-state index in [0.29, 0.717) is 18.5 Å². The van der Waals surface area contributed by atoms with Crippen molar-refractivity contribution >= 4 is 24.2 Å². The second-order valence-corrected chi connectivity index (χ2v) is 6.65. The van der Waals surface area contributed by atoms with E-state index in [0.717, 1.165) is 37.1 Å². The number of hydrogen-bond acceptors (Lipinski definition) is 3. The average molecular weight is 388 g/mol. The summed E-state index contributed by atoms with van der Waals surface area (Å²) >= 11 is 0. The number of carbonyl (C=O) groups is 2. The Balaban J connectivity index is 0.00000261. The molecule has 2 amide bonds. The van der Waals surface area contributed by atoms with Crippen LogP contribution in [0, 0.1) is 0 Å². The number of halogens is 1. The predicted molar refractivity (Wildman–Crippen MR) is 109 cm³/mol. The van der Waals surface area contributed by atoms with Crippen LogP contribution in [-0.2, 0) is 17.8 Å². The van der Waals surface area contributed by atoms with Crippen molar-refractivity contribution < 1.29 is 9.59 Å². The lowest BCUT2D eigenvalue weighted by Gasteiger charge is -2.24. The second kappa shape index (κ2) is 10.1. The summed E-state index contributed by atoms with van der Waals surface area (Å²) in [5.74, 6) is -0.236. The summed E-state index contributed by atoms with van der Waals surface area (Å²) < 4.78 is 0. The van der Waals surface area contributed by atoms with Crippen LogP contribution in [-0.4, -0.2) is 35.8 Å². The lowest BCUT2D eigenvalue weighted by Crippen LogP contribution is -2.49. The molecule has 3 rings (SSSR count). The minimum atomic E-state index is -0.558. The van der Waals surface area contributed by atoms with E-state index in [1.54, 1.807) is 12.1 Å². The molecule has 2 aromatic rings. The van der Waals surface area contributed by atoms with Crippen molar-refractivity contribution in [2.75, 3.05) is 13.1 Å². The maximum atomic E-state index is 12.9. The van der Waals surface area contributed by atoms with Gasteiger partial charge in [0.2, 0.25) is 5.91 Å². The molecule has 27 heavy (non-hydrogen) atoms. The molecule has 2 aromatic carbocycles. The van der Waals surface area contributed by atoms with Gasteiger partial charge in [0.15, 0.2) is 0 Å². The number of likely N-dealkylation sites (tertiary alicyclic amines) is 1. The standard InChI is InChI=1S/C21H25N3O2.ClH/c22-15-17-8-10-18(11-9-17)20(25)23-19(14-16-6-2-1-3-7-16)21(26)24-12-4-5-13-24;/h1-3,6-11,19H,4-5,12-15,22H2,(H,23,25);1H. The first kappa shape index (κ1) is 20.9. The Hall–Kier alpha value is -2.37. The highest BCUT2D eigenvalue weighted by molar-refractivity contribution is 5.97. The number of nitrogens with two attached hydrogens (primary N) is 1. The Kier molecular flexibility index (Phi) is 7.82. The third-order valence-electron chi connectivity index (χ3n) is 4.76. The van der Waals surface area contributed by atoms with Crippen LogP contribution >= 0.6 is 12.4 Å². The lowest BCUT2D eigenvalue weighted by molar-refractivity contribution is -0.132. The molecule has 0 aromatic heterocycles. The molecular formula is C21H26ClN3O2. The fraction of sp³-hybridized carbons (Fsp3) is 0.333. The van der Waals surface area contributed by atoms with E-state index in [2.05, 4.69) is 5.32 Å². The molecular weight excluding hydrogens is 362 g/mol. The van der Waals surface area contributed by atoms with Gasteiger partial charge in [0, 0.05) is 31.6 Å². The fourth-order valence-corrected chi connectivity index (χ4v) is 3.24. The van der Waals surface area contributed by atoms with E-state index in [1.807, 2.05) is 47.4 Å². The van der Waals surface area contributed by atoms with Gasteiger partial charge in [-0.2, -0.15) is 0 Å². The van der Waals surface area contributed by atoms with E-state index in [-0.39, 0.29) is 24.2 Å². The van der Waals surface area contributed by atoms with Gasteiger partial charge in [0.1, 0.15) is 6.04 Å². The molecule has 3 N–H and O–H groups in total. The molecule has 0 bridgehead atoms. The summed E-state index contributed by atoms with van der Waals surface area (Å²) in [4.78, 5) is 27.4. The second-order valence-electron chi connectivity index (χ2n) is 6.65. The minimum absolute atomic E-state index is 0. The van der Waals surface area contributed by atoms with Gasteiger partial charge in [-0.25, -0.2) is 0 Å². The molecule has 1 aliphatic rings. The van der Waals surface area contributed by atoms with Gasteiger partial charge >= 0.3 is 0 Å². The number of amides is 2. The minimum Gasteiger partial charge on any atom is -0.341 e. The molecule has 6 heteroatoms. The van der Waals surface area contributed by atoms with Crippen LogP contribution in [0.1, 0.15) is 34.3 Å². The van der Waals surface area contributed by atoms with Gasteiger partial charge in [-0.15, -0.1) is 12.4 Å². The van der Waals surface area contributed by atoms with Crippen LogP contribution in [0.2, 0.25) is 0 Å². The van der Waals surface area contributed by atoms with E-state index in [1.165, 1.54) is 0 Å². The van der Waals surface area contributed by atoms with E-state index in [4.69, 9.17) is 5.73 Å². The molecule has 1 fully saturated rings. The summed E-state index contributed by atoms with van der Waals surface area (Å²) in [5.41, 5.74) is 8.14. The van der Waals surface area contributed by atoms with E-state index < -0.39 is 6.04 Å². The number of carbonyl (C=O) groups excluding carboxylic acids is 2. The van der Waals surface area contributed by atoms with Gasteiger partial charge in [-0.3, -0.25) is 9.59 Å². The van der Waals surface area contributed by atoms with Gasteiger partial charge < -0.3 is 16.0 Å². The number of hydrogen-bond donors (Lipinski definition) is 2. The van der Waals surface area contributed by atoms with Crippen molar-refractivity contribution in [2.24, 2.45) is 5.73 Å². The monoisotopic (exact) mass is 387 g/mol. The van der Waals surface area contributed by atoms with Gasteiger partial charge in [-0.1, -0.05) is 42.5 Å². The summed E-state index contributed by atoms with van der Waals surface area (Å²) in [6.45, 7) is 1.97. The Morgan fingerprint density at radius 3 is 2.19 bits per heavy atom. The van der Waals surface area contributed by atoms with Gasteiger partial charge in [0.05, 0.1) is 0 Å². The lowest BCUT2D eigenvalue weighted by atomic mass is 10.0. The van der Waals surface area contributed by atoms with Crippen LogP contribution in [0.25, 0.3) is 0 Å². The van der Waals surface area contributed by atoms with Crippen molar-refractivity contribution in [2.45, 2.75) is 31.8 Å². The highest BCUT2D eigenvalue weighted by atomic mass is 35.5. The van der Waals surface area contributed by atoms with Crippen LogP contribution < -0.4 is 11.1 Å². The SMILES string of the molecule is Cl.NCc1ccc(C(=O)NC(Cc2ccccc2)C(=O)N2CCCC2)cc1. The quantitative estimate of drug-likeness (QED) is 0.799. The predicted octanol–water partition coefficient (Wildman–Crippen LogP) is 2.53.